The Kier molecular flexibility index (Phi) is 7.65. The van der Waals surface area contributed by atoms with Crippen LogP contribution in [0.5, 0.6) is 5.75 Å². The molecular formula is C16H25ClN2O3. The zero-order valence-corrected chi connectivity index (χ0v) is 13.8. The number of anilines is 1. The molecule has 22 heavy (non-hydrogen) atoms. The average Bonchev–Trinajstić information content (AvgIpc) is 2.49. The minimum absolute atomic E-state index is 0. The lowest BCUT2D eigenvalue weighted by Crippen LogP contribution is -2.52. The summed E-state index contributed by atoms with van der Waals surface area (Å²) < 4.78 is 10.5. The first-order valence-electron chi connectivity index (χ1n) is 7.46. The Balaban J connectivity index is 0.00000242. The number of hydrogen-bond acceptors (Lipinski definition) is 4. The number of benzene rings is 1. The van der Waals surface area contributed by atoms with Gasteiger partial charge in [-0.25, -0.2) is 0 Å². The topological polar surface area (TPSA) is 73.6 Å². The highest BCUT2D eigenvalue weighted by Crippen LogP contribution is 2.27. The molecule has 3 N–H and O–H groups in total. The van der Waals surface area contributed by atoms with Crippen molar-refractivity contribution < 1.29 is 14.3 Å². The molecule has 2 rings (SSSR count). The van der Waals surface area contributed by atoms with Crippen LogP contribution in [0.1, 0.15) is 32.1 Å². The number of carbonyl (C=O) groups is 1. The first-order chi connectivity index (χ1) is 10.1. The third kappa shape index (κ3) is 5.16. The minimum Gasteiger partial charge on any atom is -0.491 e. The number of nitrogens with one attached hydrogen (secondary N) is 1. The van der Waals surface area contributed by atoms with Crippen molar-refractivity contribution in [3.63, 3.8) is 0 Å². The number of nitrogens with two attached hydrogens (primary N) is 1. The smallest absolute Gasteiger partial charge is 0.244 e. The zero-order valence-electron chi connectivity index (χ0n) is 13.0. The number of carbonyl (C=O) groups excluding carboxylic acids is 1. The van der Waals surface area contributed by atoms with E-state index in [2.05, 4.69) is 5.32 Å². The number of ether oxygens (including phenoxy) is 2. The molecule has 0 aromatic heterocycles. The van der Waals surface area contributed by atoms with Crippen LogP contribution in [-0.4, -0.2) is 31.8 Å². The molecule has 1 aliphatic carbocycles. The molecule has 1 aliphatic rings. The Bertz CT molecular complexity index is 476. The van der Waals surface area contributed by atoms with E-state index in [1.807, 2.05) is 18.2 Å². The van der Waals surface area contributed by atoms with Gasteiger partial charge in [0.25, 0.3) is 0 Å². The number of amides is 1. The standard InChI is InChI=1S/C16H24N2O3.ClH/c1-20-10-11-21-14-7-5-6-13(12-14)18-15(19)16(17)8-3-2-4-9-16;/h5-7,12H,2-4,8-11,17H2,1H3,(H,18,19);1H. The van der Waals surface area contributed by atoms with Crippen molar-refractivity contribution >= 4 is 24.0 Å². The quantitative estimate of drug-likeness (QED) is 0.787. The normalized spacial score (nSPS) is 16.5. The van der Waals surface area contributed by atoms with Crippen molar-refractivity contribution in [2.75, 3.05) is 25.6 Å². The first kappa shape index (κ1) is 18.7. The maximum absolute atomic E-state index is 12.4. The van der Waals surface area contributed by atoms with Crippen LogP contribution in [0.3, 0.4) is 0 Å². The Morgan fingerprint density at radius 3 is 2.68 bits per heavy atom. The lowest BCUT2D eigenvalue weighted by atomic mass is 9.82. The van der Waals surface area contributed by atoms with Gasteiger partial charge in [0.1, 0.15) is 12.4 Å². The number of hydrogen-bond donors (Lipinski definition) is 2. The molecule has 0 atom stereocenters. The second-order valence-corrected chi connectivity index (χ2v) is 5.54. The highest BCUT2D eigenvalue weighted by atomic mass is 35.5. The van der Waals surface area contributed by atoms with E-state index in [1.165, 1.54) is 0 Å². The molecular weight excluding hydrogens is 304 g/mol. The third-order valence-corrected chi connectivity index (χ3v) is 3.85. The van der Waals surface area contributed by atoms with E-state index in [9.17, 15) is 4.79 Å². The van der Waals surface area contributed by atoms with Crippen molar-refractivity contribution in [2.24, 2.45) is 5.73 Å². The highest BCUT2D eigenvalue weighted by molar-refractivity contribution is 5.98. The number of halogens is 1. The highest BCUT2D eigenvalue weighted by Gasteiger charge is 2.35. The molecule has 5 nitrogen and oxygen atoms in total. The van der Waals surface area contributed by atoms with Gasteiger partial charge < -0.3 is 20.5 Å². The molecule has 1 amide bonds. The summed E-state index contributed by atoms with van der Waals surface area (Å²) >= 11 is 0. The summed E-state index contributed by atoms with van der Waals surface area (Å²) in [6, 6.07) is 7.35. The van der Waals surface area contributed by atoms with Crippen LogP contribution in [0.4, 0.5) is 5.69 Å². The minimum atomic E-state index is -0.731. The van der Waals surface area contributed by atoms with Crippen LogP contribution >= 0.6 is 12.4 Å². The van der Waals surface area contributed by atoms with Crippen LogP contribution < -0.4 is 15.8 Å². The van der Waals surface area contributed by atoms with Gasteiger partial charge in [-0.2, -0.15) is 0 Å². The molecule has 0 aliphatic heterocycles. The summed E-state index contributed by atoms with van der Waals surface area (Å²) in [6.07, 6.45) is 4.70. The second-order valence-electron chi connectivity index (χ2n) is 5.54. The molecule has 1 aromatic rings. The first-order valence-corrected chi connectivity index (χ1v) is 7.46. The summed E-state index contributed by atoms with van der Waals surface area (Å²) in [6.45, 7) is 1.01. The Morgan fingerprint density at radius 2 is 2.00 bits per heavy atom. The summed E-state index contributed by atoms with van der Waals surface area (Å²) in [7, 11) is 1.63. The van der Waals surface area contributed by atoms with E-state index in [-0.39, 0.29) is 18.3 Å². The van der Waals surface area contributed by atoms with Gasteiger partial charge in [0.15, 0.2) is 0 Å². The van der Waals surface area contributed by atoms with Gasteiger partial charge in [-0.05, 0) is 25.0 Å². The van der Waals surface area contributed by atoms with E-state index in [0.717, 1.165) is 32.1 Å². The largest absolute Gasteiger partial charge is 0.491 e. The summed E-state index contributed by atoms with van der Waals surface area (Å²) in [4.78, 5) is 12.4. The maximum atomic E-state index is 12.4. The monoisotopic (exact) mass is 328 g/mol. The molecule has 1 aromatic carbocycles. The van der Waals surface area contributed by atoms with E-state index >= 15 is 0 Å². The maximum Gasteiger partial charge on any atom is 0.244 e. The van der Waals surface area contributed by atoms with Crippen LogP contribution in [-0.2, 0) is 9.53 Å². The Morgan fingerprint density at radius 1 is 1.27 bits per heavy atom. The van der Waals surface area contributed by atoms with E-state index in [0.29, 0.717) is 24.7 Å². The van der Waals surface area contributed by atoms with Gasteiger partial charge in [0.2, 0.25) is 5.91 Å². The Labute approximate surface area is 138 Å². The molecule has 124 valence electrons. The molecule has 6 heteroatoms. The van der Waals surface area contributed by atoms with E-state index < -0.39 is 5.54 Å². The zero-order chi connectivity index (χ0) is 15.1. The van der Waals surface area contributed by atoms with Crippen LogP contribution in [0.15, 0.2) is 24.3 Å². The third-order valence-electron chi connectivity index (χ3n) is 3.85. The molecule has 1 fully saturated rings. The van der Waals surface area contributed by atoms with Gasteiger partial charge in [-0.3, -0.25) is 4.79 Å². The SMILES string of the molecule is COCCOc1cccc(NC(=O)C2(N)CCCCC2)c1.Cl. The molecule has 1 saturated carbocycles. The lowest BCUT2D eigenvalue weighted by Gasteiger charge is -2.31. The lowest BCUT2D eigenvalue weighted by molar-refractivity contribution is -0.122. The average molecular weight is 329 g/mol. The van der Waals surface area contributed by atoms with Gasteiger partial charge in [0, 0.05) is 18.9 Å². The molecule has 0 bridgehead atoms. The fraction of sp³-hybridized carbons (Fsp3) is 0.562. The second kappa shape index (κ2) is 8.98. The van der Waals surface area contributed by atoms with Crippen molar-refractivity contribution in [3.8, 4) is 5.75 Å². The Hall–Kier alpha value is -1.30. The molecule has 0 unspecified atom stereocenters. The van der Waals surface area contributed by atoms with Gasteiger partial charge in [0.05, 0.1) is 12.1 Å². The number of methoxy groups -OCH3 is 1. The van der Waals surface area contributed by atoms with Crippen LogP contribution in [0.2, 0.25) is 0 Å². The van der Waals surface area contributed by atoms with Crippen molar-refractivity contribution in [1.29, 1.82) is 0 Å². The molecule has 0 radical (unpaired) electrons. The molecule has 0 spiro atoms. The fourth-order valence-electron chi connectivity index (χ4n) is 2.57. The van der Waals surface area contributed by atoms with E-state index in [4.69, 9.17) is 15.2 Å². The predicted octanol–water partition coefficient (Wildman–Crippen LogP) is 2.73. The van der Waals surface area contributed by atoms with Gasteiger partial charge in [-0.15, -0.1) is 12.4 Å². The summed E-state index contributed by atoms with van der Waals surface area (Å²) in [5.74, 6) is 0.607. The summed E-state index contributed by atoms with van der Waals surface area (Å²) in [5, 5.41) is 2.91. The van der Waals surface area contributed by atoms with Crippen molar-refractivity contribution in [1.82, 2.24) is 0 Å². The van der Waals surface area contributed by atoms with Gasteiger partial charge in [-0.1, -0.05) is 25.3 Å². The van der Waals surface area contributed by atoms with Crippen LogP contribution in [0, 0.1) is 0 Å². The van der Waals surface area contributed by atoms with Crippen molar-refractivity contribution in [3.05, 3.63) is 24.3 Å². The van der Waals surface area contributed by atoms with Crippen molar-refractivity contribution in [2.45, 2.75) is 37.6 Å². The fourth-order valence-corrected chi connectivity index (χ4v) is 2.57. The van der Waals surface area contributed by atoms with Gasteiger partial charge >= 0.3 is 0 Å². The predicted molar refractivity (Wildman–Crippen MR) is 89.7 cm³/mol. The van der Waals surface area contributed by atoms with Crippen LogP contribution in [0.25, 0.3) is 0 Å². The molecule has 0 heterocycles. The summed E-state index contributed by atoms with van der Waals surface area (Å²) in [5.41, 5.74) is 6.21. The number of rotatable bonds is 6. The van der Waals surface area contributed by atoms with E-state index in [1.54, 1.807) is 13.2 Å². The molecule has 0 saturated heterocycles.